The average Bonchev–Trinajstić information content (AvgIpc) is 3.95. The summed E-state index contributed by atoms with van der Waals surface area (Å²) < 4.78 is 10.6. The van der Waals surface area contributed by atoms with Gasteiger partial charge in [0.15, 0.2) is 0 Å². The zero-order chi connectivity index (χ0) is 61.6. The Morgan fingerprint density at radius 2 is 1.20 bits per heavy atom. The highest BCUT2D eigenvalue weighted by Gasteiger charge is 2.57. The highest BCUT2D eigenvalue weighted by Crippen LogP contribution is 2.28. The molecule has 83 heavy (non-hydrogen) atoms. The van der Waals surface area contributed by atoms with Crippen LogP contribution in [0.5, 0.6) is 0 Å². The largest absolute Gasteiger partial charge is 0.447 e. The molecule has 5 heterocycles. The van der Waals surface area contributed by atoms with Gasteiger partial charge in [-0.05, 0) is 49.3 Å². The number of likely N-dealkylation sites (N-methyl/N-ethyl adjacent to an activating group) is 2. The highest BCUT2D eigenvalue weighted by atomic mass is 16.6. The Hall–Kier alpha value is -8.08. The van der Waals surface area contributed by atoms with E-state index < -0.39 is 140 Å². The zero-order valence-electron chi connectivity index (χ0n) is 45.8. The predicted molar refractivity (Wildman–Crippen MR) is 280 cm³/mol. The van der Waals surface area contributed by atoms with Gasteiger partial charge in [-0.1, -0.05) is 32.4 Å². The summed E-state index contributed by atoms with van der Waals surface area (Å²) >= 11 is 0. The number of hydrogen-bond acceptors (Lipinski definition) is 21. The number of urea groups is 1. The van der Waals surface area contributed by atoms with Crippen LogP contribution in [0.4, 0.5) is 20.1 Å². The summed E-state index contributed by atoms with van der Waals surface area (Å²) in [5.74, 6) is -6.67. The van der Waals surface area contributed by atoms with Crippen molar-refractivity contribution in [2.45, 2.75) is 132 Å². The molecule has 13 amide bonds. The van der Waals surface area contributed by atoms with Gasteiger partial charge in [-0.25, -0.2) is 14.4 Å². The Balaban J connectivity index is 0.000000671. The number of amides is 13. The number of nitrogens with two attached hydrogens (primary N) is 1. The lowest BCUT2D eigenvalue weighted by Crippen LogP contribution is -2.68. The number of benzene rings is 1. The molecule has 5 aliphatic rings. The summed E-state index contributed by atoms with van der Waals surface area (Å²) in [6.07, 6.45) is -9.31. The molecule has 458 valence electrons. The highest BCUT2D eigenvalue weighted by molar-refractivity contribution is 6.37. The van der Waals surface area contributed by atoms with E-state index in [9.17, 15) is 88.2 Å². The maximum atomic E-state index is 13.5. The first-order valence-corrected chi connectivity index (χ1v) is 26.5. The minimum absolute atomic E-state index is 0.00877. The van der Waals surface area contributed by atoms with Crippen molar-refractivity contribution in [2.75, 3.05) is 58.8 Å². The summed E-state index contributed by atoms with van der Waals surface area (Å²) in [5.41, 5.74) is 6.05. The van der Waals surface area contributed by atoms with Gasteiger partial charge in [0.25, 0.3) is 11.8 Å². The molecule has 0 bridgehead atoms. The van der Waals surface area contributed by atoms with E-state index in [1.807, 2.05) is 0 Å². The van der Waals surface area contributed by atoms with E-state index >= 15 is 0 Å². The third-order valence-corrected chi connectivity index (χ3v) is 14.2. The number of aliphatic hydroxyl groups is 7. The van der Waals surface area contributed by atoms with Gasteiger partial charge in [-0.15, -0.1) is 0 Å². The van der Waals surface area contributed by atoms with Crippen molar-refractivity contribution < 1.29 is 103 Å². The Morgan fingerprint density at radius 1 is 0.675 bits per heavy atom. The maximum Gasteiger partial charge on any atom is 0.409 e. The van der Waals surface area contributed by atoms with Crippen LogP contribution in [0.2, 0.25) is 0 Å². The number of rotatable bonds is 24. The molecule has 4 saturated heterocycles. The topological polar surface area (TPSA) is 479 Å². The summed E-state index contributed by atoms with van der Waals surface area (Å²) in [7, 11) is 2.80. The average molecular weight is 1180 g/mol. The molecule has 4 fully saturated rings. The number of nitrogens with one attached hydrogen (secondary N) is 6. The van der Waals surface area contributed by atoms with E-state index in [1.165, 1.54) is 31.1 Å². The molecule has 0 saturated carbocycles. The molecule has 15 N–H and O–H groups in total. The third kappa shape index (κ3) is 16.8. The molecule has 0 unspecified atom stereocenters. The van der Waals surface area contributed by atoms with Crippen molar-refractivity contribution >= 4 is 77.1 Å². The molecule has 1 aromatic carbocycles. The molecule has 33 nitrogen and oxygen atoms in total. The van der Waals surface area contributed by atoms with Gasteiger partial charge in [0.1, 0.15) is 74.3 Å². The SMILES string of the molecule is CC(C)[C@H](NC(=O)CCCCCN1C(=O)C=CC1=O)C(=O)N[C@@H](CCCNC(N)=O)C(=O)Nc1ccc(COC(=O)N(C)CCN(C)C(=O)OC[C@@H]2[C@@H](O)[C@H](O)[C@H](O)[C@H]3NC(=O)C(=O)N23)cc1.O=C1N[C@@H]2[C@@H](O)[C@@H](O)[C@H](O)[C@@H](CO)N2C1=O. The third-order valence-electron chi connectivity index (χ3n) is 14.2. The molecular weight excluding hydrogens is 1100 g/mol. The fourth-order valence-corrected chi connectivity index (χ4v) is 9.30. The molecular formula is C50H72N12O21. The first-order valence-electron chi connectivity index (χ1n) is 26.5. The van der Waals surface area contributed by atoms with Crippen LogP contribution in [0.25, 0.3) is 0 Å². The normalized spacial score (nSPS) is 25.0. The number of ether oxygens (including phenoxy) is 2. The van der Waals surface area contributed by atoms with Gasteiger partial charge < -0.3 is 102 Å². The molecule has 0 aliphatic carbocycles. The smallest absolute Gasteiger partial charge is 0.409 e. The molecule has 0 aromatic heterocycles. The molecule has 12 atom stereocenters. The Bertz CT molecular complexity index is 2590. The molecule has 5 aliphatic heterocycles. The van der Waals surface area contributed by atoms with E-state index in [1.54, 1.807) is 38.1 Å². The number of imide groups is 1. The second-order valence-electron chi connectivity index (χ2n) is 20.4. The van der Waals surface area contributed by atoms with Crippen LogP contribution in [0, 0.1) is 5.92 Å². The van der Waals surface area contributed by atoms with Crippen molar-refractivity contribution in [3.8, 4) is 0 Å². The molecule has 0 radical (unpaired) electrons. The molecule has 6 rings (SSSR count). The second kappa shape index (κ2) is 29.8. The van der Waals surface area contributed by atoms with Crippen molar-refractivity contribution in [3.63, 3.8) is 0 Å². The lowest BCUT2D eigenvalue weighted by Gasteiger charge is -2.44. The van der Waals surface area contributed by atoms with E-state index in [0.29, 0.717) is 30.5 Å². The molecule has 0 spiro atoms. The number of nitrogens with zero attached hydrogens (tertiary/aromatic N) is 5. The summed E-state index contributed by atoms with van der Waals surface area (Å²) in [6.45, 7) is 2.39. The Kier molecular flexibility index (Phi) is 23.6. The predicted octanol–water partition coefficient (Wildman–Crippen LogP) is -6.70. The van der Waals surface area contributed by atoms with E-state index in [4.69, 9.17) is 20.3 Å². The van der Waals surface area contributed by atoms with E-state index in [2.05, 4.69) is 31.9 Å². The van der Waals surface area contributed by atoms with Gasteiger partial charge in [0.2, 0.25) is 17.7 Å². The minimum Gasteiger partial charge on any atom is -0.447 e. The van der Waals surface area contributed by atoms with Crippen molar-refractivity contribution in [1.29, 1.82) is 0 Å². The first kappa shape index (κ1) is 65.7. The Labute approximate surface area is 474 Å². The molecule has 1 aromatic rings. The summed E-state index contributed by atoms with van der Waals surface area (Å²) in [5, 5.41) is 83.5. The zero-order valence-corrected chi connectivity index (χ0v) is 45.8. The maximum absolute atomic E-state index is 13.5. The van der Waals surface area contributed by atoms with Crippen LogP contribution in [-0.4, -0.2) is 258 Å². The van der Waals surface area contributed by atoms with Crippen LogP contribution >= 0.6 is 0 Å². The fraction of sp³-hybridized carbons (Fsp3) is 0.600. The van der Waals surface area contributed by atoms with Crippen LogP contribution in [-0.2, 0) is 59.2 Å². The van der Waals surface area contributed by atoms with E-state index in [0.717, 1.165) is 19.6 Å². The number of primary amides is 1. The number of piperidine rings is 2. The monoisotopic (exact) mass is 1180 g/mol. The first-order chi connectivity index (χ1) is 39.2. The fourth-order valence-electron chi connectivity index (χ4n) is 9.30. The van der Waals surface area contributed by atoms with Crippen molar-refractivity contribution in [1.82, 2.24) is 51.1 Å². The second-order valence-corrected chi connectivity index (χ2v) is 20.4. The van der Waals surface area contributed by atoms with Gasteiger partial charge in [0.05, 0.1) is 18.7 Å². The molecule has 33 heteroatoms. The van der Waals surface area contributed by atoms with Crippen LogP contribution in [0.15, 0.2) is 36.4 Å². The van der Waals surface area contributed by atoms with Crippen LogP contribution in [0.3, 0.4) is 0 Å². The lowest BCUT2D eigenvalue weighted by molar-refractivity contribution is -0.175. The number of carbonyl (C=O) groups excluding carboxylic acids is 12. The number of fused-ring (bicyclic) bond motifs is 2. The Morgan fingerprint density at radius 3 is 1.73 bits per heavy atom. The standard InChI is InChI=1S/C42H60N10O15.C8H12N2O6/c1-23(2)31(47-28(53)10-6-5-7-18-51-29(54)15-16-30(51)55)37(60)46-26(9-8-17-44-40(43)63)36(59)45-25-13-11-24(12-14-25)21-66-41(64)49(3)19-20-50(4)42(65)67-22-27-32(56)33(57)34(58)35-48-38(61)39(62)52(27)35;11-1-2-3(12)4(13)5(14)6-9-7(15)8(16)10(2)6/h11-16,23,26-27,31-35,56-58H,5-10,17-22H2,1-4H3,(H,45,59)(H,46,60)(H,47,53)(H,48,61)(H3,43,44,63);2-6,11-14H,1H2,(H,9,15)/t26-,27+,31-,32+,33-,34-,35-;2-,3-,4+,5+,6+/m01/s1. The van der Waals surface area contributed by atoms with Crippen molar-refractivity contribution in [3.05, 3.63) is 42.0 Å². The summed E-state index contributed by atoms with van der Waals surface area (Å²) in [6, 6.07) is 1.02. The van der Waals surface area contributed by atoms with Crippen LogP contribution in [0.1, 0.15) is 57.9 Å². The van der Waals surface area contributed by atoms with Gasteiger partial charge >= 0.3 is 41.8 Å². The lowest BCUT2D eigenvalue weighted by atomic mass is 9.92. The van der Waals surface area contributed by atoms with Crippen molar-refractivity contribution in [2.24, 2.45) is 11.7 Å². The quantitative estimate of drug-likeness (QED) is 0.0260. The number of carbonyl (C=O) groups is 12. The minimum atomic E-state index is -1.74. The van der Waals surface area contributed by atoms with E-state index in [-0.39, 0.29) is 75.7 Å². The van der Waals surface area contributed by atoms with Gasteiger partial charge in [-0.2, -0.15) is 0 Å². The van der Waals surface area contributed by atoms with Crippen LogP contribution < -0.4 is 37.6 Å². The number of aliphatic hydroxyl groups excluding tert-OH is 7. The van der Waals surface area contributed by atoms with Gasteiger partial charge in [-0.3, -0.25) is 48.1 Å². The number of unbranched alkanes of at least 4 members (excludes halogenated alkanes) is 2. The van der Waals surface area contributed by atoms with Gasteiger partial charge in [0, 0.05) is 64.5 Å². The number of anilines is 1. The summed E-state index contributed by atoms with van der Waals surface area (Å²) in [4.78, 5) is 152. The number of hydrogen-bond donors (Lipinski definition) is 14.